The lowest BCUT2D eigenvalue weighted by molar-refractivity contribution is -0.138. The minimum Gasteiger partial charge on any atom is -0.481 e. The lowest BCUT2D eigenvalue weighted by atomic mass is 10.2. The van der Waals surface area contributed by atoms with Crippen LogP contribution in [0.2, 0.25) is 0 Å². The number of hydrogen-bond donors (Lipinski definition) is 4. The van der Waals surface area contributed by atoms with Gasteiger partial charge in [-0.2, -0.15) is 0 Å². The number of ether oxygens (including phenoxy) is 2. The number of aryl methyl sites for hydroxylation is 1. The predicted octanol–water partition coefficient (Wildman–Crippen LogP) is 1.01. The van der Waals surface area contributed by atoms with E-state index >= 15 is 0 Å². The highest BCUT2D eigenvalue weighted by Gasteiger charge is 2.12. The molecule has 0 aliphatic carbocycles. The topological polar surface area (TPSA) is 108 Å². The predicted molar refractivity (Wildman–Crippen MR) is 115 cm³/mol. The third-order valence-corrected chi connectivity index (χ3v) is 4.76. The van der Waals surface area contributed by atoms with E-state index < -0.39 is 12.2 Å². The summed E-state index contributed by atoms with van der Waals surface area (Å²) in [5, 5.41) is 25.1. The summed E-state index contributed by atoms with van der Waals surface area (Å²) >= 11 is 0. The van der Waals surface area contributed by atoms with E-state index in [0.29, 0.717) is 39.3 Å². The zero-order valence-electron chi connectivity index (χ0n) is 17.8. The van der Waals surface area contributed by atoms with Crippen LogP contribution in [0.25, 0.3) is 10.9 Å². The van der Waals surface area contributed by atoms with Crippen molar-refractivity contribution in [1.82, 2.24) is 20.3 Å². The first-order chi connectivity index (χ1) is 14.5. The number of nitrogens with one attached hydrogen (secondary N) is 2. The zero-order valence-corrected chi connectivity index (χ0v) is 17.8. The van der Waals surface area contributed by atoms with E-state index in [1.807, 2.05) is 31.2 Å². The van der Waals surface area contributed by atoms with E-state index in [-0.39, 0.29) is 13.0 Å². The normalized spacial score (nSPS) is 12.7. The number of aliphatic hydroxyl groups is 1. The van der Waals surface area contributed by atoms with Crippen LogP contribution in [0.5, 0.6) is 0 Å². The van der Waals surface area contributed by atoms with Crippen LogP contribution in [0.1, 0.15) is 18.5 Å². The van der Waals surface area contributed by atoms with Gasteiger partial charge in [0.1, 0.15) is 6.23 Å². The van der Waals surface area contributed by atoms with Gasteiger partial charge >= 0.3 is 5.97 Å². The Labute approximate surface area is 177 Å². The molecule has 1 aromatic carbocycles. The third kappa shape index (κ3) is 8.39. The molecule has 9 nitrogen and oxygen atoms in total. The number of carboxylic acids is 1. The molecule has 1 atom stereocenters. The Bertz CT molecular complexity index is 767. The number of aliphatic hydroxyl groups excluding tert-OH is 1. The molecule has 30 heavy (non-hydrogen) atoms. The summed E-state index contributed by atoms with van der Waals surface area (Å²) in [5.74, 6) is -0.872. The minimum atomic E-state index is -0.872. The van der Waals surface area contributed by atoms with Crippen LogP contribution < -0.4 is 10.7 Å². The molecule has 1 aromatic heterocycles. The number of benzene rings is 1. The van der Waals surface area contributed by atoms with Crippen LogP contribution >= 0.6 is 0 Å². The molecule has 2 aromatic rings. The van der Waals surface area contributed by atoms with Gasteiger partial charge in [0, 0.05) is 37.8 Å². The summed E-state index contributed by atoms with van der Waals surface area (Å²) < 4.78 is 12.8. The van der Waals surface area contributed by atoms with Crippen LogP contribution in [0, 0.1) is 0 Å². The monoisotopic (exact) mass is 422 g/mol. The number of carboxylic acid groups (broad SMARTS) is 1. The van der Waals surface area contributed by atoms with Gasteiger partial charge in [0.05, 0.1) is 39.4 Å². The fraction of sp³-hybridized carbons (Fsp3) is 0.571. The van der Waals surface area contributed by atoms with Crippen molar-refractivity contribution in [3.63, 3.8) is 0 Å². The molecule has 0 aliphatic heterocycles. The van der Waals surface area contributed by atoms with Crippen LogP contribution in [-0.4, -0.2) is 79.1 Å². The first-order valence-electron chi connectivity index (χ1n) is 10.3. The largest absolute Gasteiger partial charge is 0.481 e. The second kappa shape index (κ2) is 13.3. The van der Waals surface area contributed by atoms with Crippen molar-refractivity contribution in [2.75, 3.05) is 47.1 Å². The molecule has 4 N–H and O–H groups in total. The first-order valence-corrected chi connectivity index (χ1v) is 10.3. The van der Waals surface area contributed by atoms with Gasteiger partial charge in [-0.15, -0.1) is 0 Å². The average Bonchev–Trinajstić information content (AvgIpc) is 3.07. The number of fused-ring (bicyclic) bond motifs is 1. The molecular formula is C21H34N4O5. The Kier molecular flexibility index (Phi) is 10.8. The van der Waals surface area contributed by atoms with E-state index in [4.69, 9.17) is 14.6 Å². The third-order valence-electron chi connectivity index (χ3n) is 4.76. The van der Waals surface area contributed by atoms with E-state index in [2.05, 4.69) is 33.5 Å². The second-order valence-corrected chi connectivity index (χ2v) is 7.05. The van der Waals surface area contributed by atoms with E-state index in [9.17, 15) is 9.90 Å². The summed E-state index contributed by atoms with van der Waals surface area (Å²) in [6.45, 7) is 3.39. The van der Waals surface area contributed by atoms with Crippen molar-refractivity contribution in [1.29, 1.82) is 0 Å². The van der Waals surface area contributed by atoms with Crippen molar-refractivity contribution in [3.8, 4) is 0 Å². The maximum Gasteiger partial charge on any atom is 0.305 e. The lowest BCUT2D eigenvalue weighted by Gasteiger charge is -2.19. The number of nitrogens with zero attached hydrogens (tertiary/aromatic N) is 2. The van der Waals surface area contributed by atoms with Crippen molar-refractivity contribution >= 4 is 16.9 Å². The molecule has 0 radical (unpaired) electrons. The van der Waals surface area contributed by atoms with Gasteiger partial charge in [0.25, 0.3) is 0 Å². The number of aliphatic carboxylic acids is 1. The van der Waals surface area contributed by atoms with Crippen molar-refractivity contribution < 1.29 is 24.5 Å². The fourth-order valence-corrected chi connectivity index (χ4v) is 3.12. The summed E-state index contributed by atoms with van der Waals surface area (Å²) in [7, 11) is 3.89. The van der Waals surface area contributed by atoms with Gasteiger partial charge in [0.2, 0.25) is 0 Å². The Morgan fingerprint density at radius 1 is 1.20 bits per heavy atom. The van der Waals surface area contributed by atoms with Crippen LogP contribution in [0.3, 0.4) is 0 Å². The molecule has 0 saturated carbocycles. The smallest absolute Gasteiger partial charge is 0.305 e. The highest BCUT2D eigenvalue weighted by atomic mass is 16.5. The first kappa shape index (κ1) is 24.3. The van der Waals surface area contributed by atoms with Crippen molar-refractivity contribution in [3.05, 3.63) is 36.0 Å². The summed E-state index contributed by atoms with van der Waals surface area (Å²) in [4.78, 5) is 10.4. The van der Waals surface area contributed by atoms with Gasteiger partial charge in [-0.1, -0.05) is 18.2 Å². The highest BCUT2D eigenvalue weighted by Crippen LogP contribution is 2.21. The number of hydrogen-bond acceptors (Lipinski definition) is 7. The standard InChI is InChI=1S/C21H34N4O5/c1-22-24(2)16-18-15-17-5-3-4-6-19(17)25(18)10-7-20(26)23-9-12-30-14-13-29-11-8-21(27)28/h3-6,15,20,22-23,26H,7-14,16H2,1-2H3,(H,27,28). The van der Waals surface area contributed by atoms with Crippen molar-refractivity contribution in [2.45, 2.75) is 32.2 Å². The van der Waals surface area contributed by atoms with E-state index in [0.717, 1.165) is 12.1 Å². The zero-order chi connectivity index (χ0) is 21.8. The number of hydrazine groups is 1. The van der Waals surface area contributed by atoms with Crippen LogP contribution in [0.4, 0.5) is 0 Å². The van der Waals surface area contributed by atoms with Gasteiger partial charge < -0.3 is 24.3 Å². The molecule has 0 spiro atoms. The van der Waals surface area contributed by atoms with Crippen LogP contribution in [0.15, 0.2) is 30.3 Å². The molecule has 0 bridgehead atoms. The summed E-state index contributed by atoms with van der Waals surface area (Å²) in [6, 6.07) is 10.5. The second-order valence-electron chi connectivity index (χ2n) is 7.05. The van der Waals surface area contributed by atoms with Gasteiger partial charge in [-0.3, -0.25) is 15.5 Å². The average molecular weight is 423 g/mol. The molecule has 0 saturated heterocycles. The quantitative estimate of drug-likeness (QED) is 0.180. The summed E-state index contributed by atoms with van der Waals surface area (Å²) in [5.41, 5.74) is 5.47. The molecule has 2 rings (SSSR count). The maximum atomic E-state index is 10.4. The number of para-hydroxylation sites is 1. The summed E-state index contributed by atoms with van der Waals surface area (Å²) in [6.07, 6.45) is -0.0542. The Hall–Kier alpha value is -2.01. The molecule has 9 heteroatoms. The van der Waals surface area contributed by atoms with Gasteiger partial charge in [-0.25, -0.2) is 5.01 Å². The SMILES string of the molecule is CNN(C)Cc1cc2ccccc2n1CCC(O)NCCOCCOCCC(=O)O. The van der Waals surface area contributed by atoms with Crippen molar-refractivity contribution in [2.24, 2.45) is 0 Å². The lowest BCUT2D eigenvalue weighted by Crippen LogP contribution is -2.33. The number of carbonyl (C=O) groups is 1. The maximum absolute atomic E-state index is 10.4. The Morgan fingerprint density at radius 3 is 2.67 bits per heavy atom. The number of rotatable bonds is 16. The van der Waals surface area contributed by atoms with E-state index in [1.165, 1.54) is 11.1 Å². The molecular weight excluding hydrogens is 388 g/mol. The Morgan fingerprint density at radius 2 is 1.93 bits per heavy atom. The Balaban J connectivity index is 1.70. The molecule has 0 fully saturated rings. The van der Waals surface area contributed by atoms with E-state index in [1.54, 1.807) is 0 Å². The minimum absolute atomic E-state index is 0.00259. The molecule has 0 amide bonds. The molecule has 1 heterocycles. The molecule has 0 aliphatic rings. The number of aromatic nitrogens is 1. The highest BCUT2D eigenvalue weighted by molar-refractivity contribution is 5.81. The fourth-order valence-electron chi connectivity index (χ4n) is 3.12. The molecule has 168 valence electrons. The molecule has 1 unspecified atom stereocenters. The van der Waals surface area contributed by atoms with Crippen LogP contribution in [-0.2, 0) is 27.4 Å². The van der Waals surface area contributed by atoms with Gasteiger partial charge in [-0.05, 0) is 24.6 Å². The van der Waals surface area contributed by atoms with Gasteiger partial charge in [0.15, 0.2) is 0 Å².